The molecule has 2 aliphatic carbocycles. The van der Waals surface area contributed by atoms with Crippen molar-refractivity contribution in [2.75, 3.05) is 12.4 Å². The Balaban J connectivity index is 1.65. The number of alkyl halides is 1. The van der Waals surface area contributed by atoms with Crippen molar-refractivity contribution in [2.24, 2.45) is 17.8 Å². The van der Waals surface area contributed by atoms with Crippen molar-refractivity contribution in [3.05, 3.63) is 0 Å². The Labute approximate surface area is 109 Å². The number of likely N-dealkylation sites (tertiary alicyclic amines) is 1. The molecule has 3 aliphatic rings. The van der Waals surface area contributed by atoms with E-state index in [4.69, 9.17) is 11.6 Å². The van der Waals surface area contributed by atoms with E-state index in [2.05, 4.69) is 4.90 Å². The molecular formula is C14H22ClNO. The number of carbonyl (C=O) groups is 1. The van der Waals surface area contributed by atoms with E-state index < -0.39 is 0 Å². The van der Waals surface area contributed by atoms with Crippen LogP contribution in [-0.2, 0) is 4.79 Å². The maximum Gasteiger partial charge on any atom is 0.226 e. The van der Waals surface area contributed by atoms with Crippen LogP contribution in [0.4, 0.5) is 0 Å². The Bertz CT molecular complexity index is 295. The maximum atomic E-state index is 12.6. The van der Waals surface area contributed by atoms with Gasteiger partial charge < -0.3 is 4.90 Å². The smallest absolute Gasteiger partial charge is 0.226 e. The molecule has 1 amide bonds. The highest BCUT2D eigenvalue weighted by Gasteiger charge is 2.56. The molecule has 3 heteroatoms. The normalized spacial score (nSPS) is 40.9. The van der Waals surface area contributed by atoms with E-state index in [0.29, 0.717) is 23.7 Å². The van der Waals surface area contributed by atoms with Crippen LogP contribution in [0, 0.1) is 17.8 Å². The zero-order valence-corrected chi connectivity index (χ0v) is 11.2. The lowest BCUT2D eigenvalue weighted by atomic mass is 10.0. The molecule has 2 nitrogen and oxygen atoms in total. The molecule has 0 aromatic rings. The minimum absolute atomic E-state index is 0.320. The molecule has 3 fully saturated rings. The van der Waals surface area contributed by atoms with Crippen LogP contribution < -0.4 is 0 Å². The van der Waals surface area contributed by atoms with E-state index in [1.165, 1.54) is 38.5 Å². The number of rotatable bonds is 2. The third-order valence-corrected chi connectivity index (χ3v) is 5.39. The molecule has 3 atom stereocenters. The number of nitrogens with zero attached hydrogens (tertiary/aromatic N) is 1. The lowest BCUT2D eigenvalue weighted by Gasteiger charge is -2.35. The molecule has 96 valence electrons. The third-order valence-electron chi connectivity index (χ3n) is 5.03. The second kappa shape index (κ2) is 4.79. The number of amides is 1. The molecule has 1 heterocycles. The molecule has 0 N–H and O–H groups in total. The summed E-state index contributed by atoms with van der Waals surface area (Å²) < 4.78 is 0. The largest absolute Gasteiger partial charge is 0.338 e. The first kappa shape index (κ1) is 11.8. The van der Waals surface area contributed by atoms with E-state index in [9.17, 15) is 4.79 Å². The summed E-state index contributed by atoms with van der Waals surface area (Å²) in [4.78, 5) is 14.7. The topological polar surface area (TPSA) is 20.3 Å². The molecular weight excluding hydrogens is 234 g/mol. The monoisotopic (exact) mass is 255 g/mol. The fourth-order valence-corrected chi connectivity index (χ4v) is 4.32. The predicted molar refractivity (Wildman–Crippen MR) is 69.0 cm³/mol. The summed E-state index contributed by atoms with van der Waals surface area (Å²) in [6, 6.07) is 0.320. The Kier molecular flexibility index (Phi) is 3.34. The summed E-state index contributed by atoms with van der Waals surface area (Å²) in [7, 11) is 0. The van der Waals surface area contributed by atoms with Crippen molar-refractivity contribution in [1.82, 2.24) is 4.90 Å². The highest BCUT2D eigenvalue weighted by Crippen LogP contribution is 2.56. The lowest BCUT2D eigenvalue weighted by molar-refractivity contribution is -0.136. The van der Waals surface area contributed by atoms with Gasteiger partial charge in [0.05, 0.1) is 0 Å². The van der Waals surface area contributed by atoms with Crippen LogP contribution in [0.1, 0.15) is 44.9 Å². The molecule has 0 radical (unpaired) electrons. The number of halogens is 1. The Hall–Kier alpha value is -0.240. The number of carbonyl (C=O) groups excluding carboxylic acids is 1. The molecule has 2 saturated carbocycles. The molecule has 0 spiro atoms. The Morgan fingerprint density at radius 1 is 1.06 bits per heavy atom. The zero-order chi connectivity index (χ0) is 11.8. The van der Waals surface area contributed by atoms with Gasteiger partial charge in [0.15, 0.2) is 0 Å². The van der Waals surface area contributed by atoms with E-state index in [1.54, 1.807) is 0 Å². The average Bonchev–Trinajstić information content (AvgIpc) is 3.12. The molecule has 0 bridgehead atoms. The quantitative estimate of drug-likeness (QED) is 0.695. The summed E-state index contributed by atoms with van der Waals surface area (Å²) in [5.41, 5.74) is 0. The SMILES string of the molecule is O=C(C1C2CCCCC21)N1CCCCC1CCl. The van der Waals surface area contributed by atoms with Crippen LogP contribution in [0.2, 0.25) is 0 Å². The summed E-state index contributed by atoms with van der Waals surface area (Å²) >= 11 is 6.00. The van der Waals surface area contributed by atoms with E-state index in [1.807, 2.05) is 0 Å². The zero-order valence-electron chi connectivity index (χ0n) is 10.4. The standard InChI is InChI=1S/C14H22ClNO/c15-9-10-5-3-4-8-16(10)14(17)13-11-6-1-2-7-12(11)13/h10-13H,1-9H2. The van der Waals surface area contributed by atoms with Crippen LogP contribution in [-0.4, -0.2) is 29.3 Å². The first-order valence-electron chi connectivity index (χ1n) is 7.19. The van der Waals surface area contributed by atoms with Crippen LogP contribution in [0.15, 0.2) is 0 Å². The summed E-state index contributed by atoms with van der Waals surface area (Å²) in [5.74, 6) is 2.89. The number of piperidine rings is 1. The second-order valence-corrected chi connectivity index (χ2v) is 6.28. The first-order chi connectivity index (χ1) is 8.33. The van der Waals surface area contributed by atoms with Crippen molar-refractivity contribution in [3.8, 4) is 0 Å². The second-order valence-electron chi connectivity index (χ2n) is 5.97. The fraction of sp³-hybridized carbons (Fsp3) is 0.929. The highest BCUT2D eigenvalue weighted by atomic mass is 35.5. The van der Waals surface area contributed by atoms with Crippen molar-refractivity contribution < 1.29 is 4.79 Å². The first-order valence-corrected chi connectivity index (χ1v) is 7.73. The summed E-state index contributed by atoms with van der Waals surface area (Å²) in [5, 5.41) is 0. The van der Waals surface area contributed by atoms with Gasteiger partial charge in [-0.05, 0) is 43.9 Å². The van der Waals surface area contributed by atoms with Crippen LogP contribution in [0.25, 0.3) is 0 Å². The summed E-state index contributed by atoms with van der Waals surface area (Å²) in [6.07, 6.45) is 8.77. The van der Waals surface area contributed by atoms with Gasteiger partial charge in [0.1, 0.15) is 0 Å². The van der Waals surface area contributed by atoms with Gasteiger partial charge in [-0.1, -0.05) is 12.8 Å². The minimum atomic E-state index is 0.320. The van der Waals surface area contributed by atoms with Gasteiger partial charge in [-0.25, -0.2) is 0 Å². The highest BCUT2D eigenvalue weighted by molar-refractivity contribution is 6.18. The predicted octanol–water partition coefficient (Wildman–Crippen LogP) is 3.04. The van der Waals surface area contributed by atoms with Gasteiger partial charge in [0, 0.05) is 24.4 Å². The Morgan fingerprint density at radius 3 is 2.35 bits per heavy atom. The molecule has 3 rings (SSSR count). The van der Waals surface area contributed by atoms with Crippen molar-refractivity contribution in [3.63, 3.8) is 0 Å². The molecule has 1 saturated heterocycles. The van der Waals surface area contributed by atoms with Crippen molar-refractivity contribution >= 4 is 17.5 Å². The molecule has 0 aromatic heterocycles. The molecule has 3 unspecified atom stereocenters. The van der Waals surface area contributed by atoms with Gasteiger partial charge in [-0.15, -0.1) is 11.6 Å². The van der Waals surface area contributed by atoms with E-state index >= 15 is 0 Å². The van der Waals surface area contributed by atoms with Crippen LogP contribution in [0.5, 0.6) is 0 Å². The Morgan fingerprint density at radius 2 is 1.71 bits per heavy atom. The number of fused-ring (bicyclic) bond motifs is 1. The van der Waals surface area contributed by atoms with Crippen molar-refractivity contribution in [1.29, 1.82) is 0 Å². The van der Waals surface area contributed by atoms with E-state index in [-0.39, 0.29) is 0 Å². The van der Waals surface area contributed by atoms with Gasteiger partial charge in [-0.2, -0.15) is 0 Å². The van der Waals surface area contributed by atoms with Gasteiger partial charge in [0.25, 0.3) is 0 Å². The average molecular weight is 256 g/mol. The third kappa shape index (κ3) is 2.09. The van der Waals surface area contributed by atoms with Crippen LogP contribution >= 0.6 is 11.6 Å². The number of hydrogen-bond donors (Lipinski definition) is 0. The van der Waals surface area contributed by atoms with E-state index in [0.717, 1.165) is 24.8 Å². The number of hydrogen-bond acceptors (Lipinski definition) is 1. The van der Waals surface area contributed by atoms with Gasteiger partial charge >= 0.3 is 0 Å². The van der Waals surface area contributed by atoms with Crippen molar-refractivity contribution in [2.45, 2.75) is 51.0 Å². The molecule has 1 aliphatic heterocycles. The molecule has 17 heavy (non-hydrogen) atoms. The van der Waals surface area contributed by atoms with Gasteiger partial charge in [-0.3, -0.25) is 4.79 Å². The molecule has 0 aromatic carbocycles. The van der Waals surface area contributed by atoms with Crippen LogP contribution in [0.3, 0.4) is 0 Å². The fourth-order valence-electron chi connectivity index (χ4n) is 4.00. The summed E-state index contributed by atoms with van der Waals surface area (Å²) in [6.45, 7) is 0.951. The minimum Gasteiger partial charge on any atom is -0.338 e. The van der Waals surface area contributed by atoms with Gasteiger partial charge in [0.2, 0.25) is 5.91 Å². The lowest BCUT2D eigenvalue weighted by Crippen LogP contribution is -2.45. The maximum absolute atomic E-state index is 12.6.